The number of hydrogen-bond donors (Lipinski definition) is 3. The monoisotopic (exact) mass is 473 g/mol. The van der Waals surface area contributed by atoms with Crippen molar-refractivity contribution in [1.29, 1.82) is 0 Å². The second-order valence-corrected chi connectivity index (χ2v) is 9.74. The quantitative estimate of drug-likeness (QED) is 0.564. The molecule has 3 rings (SSSR count). The molecule has 11 heteroatoms. The van der Waals surface area contributed by atoms with Crippen molar-refractivity contribution < 1.29 is 37.3 Å². The van der Waals surface area contributed by atoms with E-state index in [1.165, 1.54) is 43.3 Å². The molecular weight excluding hydrogens is 453 g/mol. The molecule has 1 fully saturated rings. The molecule has 0 spiro atoms. The third kappa shape index (κ3) is 5.52. The van der Waals surface area contributed by atoms with Crippen LogP contribution in [0.2, 0.25) is 5.02 Å². The molecule has 1 saturated heterocycles. The lowest BCUT2D eigenvalue weighted by molar-refractivity contribution is -0.163. The minimum atomic E-state index is -4.25. The highest BCUT2D eigenvalue weighted by molar-refractivity contribution is 7.89. The minimum Gasteiger partial charge on any atom is -0.489 e. The average Bonchev–Trinajstić information content (AvgIpc) is 2.66. The molecule has 1 aliphatic heterocycles. The van der Waals surface area contributed by atoms with Crippen molar-refractivity contribution in [3.8, 4) is 5.75 Å². The summed E-state index contributed by atoms with van der Waals surface area (Å²) in [4.78, 5) is 11.6. The van der Waals surface area contributed by atoms with Crippen LogP contribution in [-0.2, 0) is 26.2 Å². The third-order valence-electron chi connectivity index (χ3n) is 4.73. The van der Waals surface area contributed by atoms with Crippen LogP contribution in [0.15, 0.2) is 47.4 Å². The second kappa shape index (κ2) is 8.71. The molecule has 168 valence electrons. The van der Waals surface area contributed by atoms with Gasteiger partial charge in [-0.25, -0.2) is 12.8 Å². The van der Waals surface area contributed by atoms with Gasteiger partial charge in [0.2, 0.25) is 10.0 Å². The van der Waals surface area contributed by atoms with Crippen molar-refractivity contribution in [2.24, 2.45) is 0 Å². The van der Waals surface area contributed by atoms with Gasteiger partial charge in [0.05, 0.1) is 28.7 Å². The Labute approximate surface area is 183 Å². The van der Waals surface area contributed by atoms with Crippen LogP contribution < -0.4 is 9.46 Å². The fourth-order valence-corrected chi connectivity index (χ4v) is 4.84. The first-order chi connectivity index (χ1) is 14.4. The summed E-state index contributed by atoms with van der Waals surface area (Å²) < 4.78 is 51.5. The number of aliphatic carboxylic acids is 1. The summed E-state index contributed by atoms with van der Waals surface area (Å²) in [6, 6.07) is 9.18. The Kier molecular flexibility index (Phi) is 6.59. The molecule has 0 saturated carbocycles. The third-order valence-corrected chi connectivity index (χ3v) is 6.63. The maximum Gasteiger partial charge on any atom is 0.327 e. The van der Waals surface area contributed by atoms with Gasteiger partial charge < -0.3 is 19.7 Å². The molecule has 1 aliphatic rings. The van der Waals surface area contributed by atoms with Crippen molar-refractivity contribution >= 4 is 27.6 Å². The molecule has 1 heterocycles. The molecule has 0 radical (unpaired) electrons. The summed E-state index contributed by atoms with van der Waals surface area (Å²) in [5.74, 6) is -1.59. The van der Waals surface area contributed by atoms with Gasteiger partial charge in [0.1, 0.15) is 18.2 Å². The van der Waals surface area contributed by atoms with E-state index >= 15 is 0 Å². The van der Waals surface area contributed by atoms with Crippen LogP contribution in [0, 0.1) is 5.82 Å². The maximum absolute atomic E-state index is 13.1. The van der Waals surface area contributed by atoms with Gasteiger partial charge in [-0.05, 0) is 43.3 Å². The van der Waals surface area contributed by atoms with Gasteiger partial charge in [0, 0.05) is 12.0 Å². The van der Waals surface area contributed by atoms with Gasteiger partial charge in [-0.2, -0.15) is 4.72 Å². The lowest BCUT2D eigenvalue weighted by atomic mass is 9.85. The van der Waals surface area contributed by atoms with Crippen molar-refractivity contribution in [3.63, 3.8) is 0 Å². The van der Waals surface area contributed by atoms with E-state index in [4.69, 9.17) is 21.1 Å². The van der Waals surface area contributed by atoms with Crippen molar-refractivity contribution in [2.45, 2.75) is 36.0 Å². The Bertz CT molecular complexity index is 1080. The number of carbonyl (C=O) groups is 1. The van der Waals surface area contributed by atoms with Crippen LogP contribution in [0.25, 0.3) is 0 Å². The summed E-state index contributed by atoms with van der Waals surface area (Å²) in [5.41, 5.74) is -2.96. The Hall–Kier alpha value is -2.24. The van der Waals surface area contributed by atoms with E-state index < -0.39 is 39.6 Å². The lowest BCUT2D eigenvalue weighted by Gasteiger charge is -2.40. The summed E-state index contributed by atoms with van der Waals surface area (Å²) in [7, 11) is -4.25. The lowest BCUT2D eigenvalue weighted by Crippen LogP contribution is -2.64. The van der Waals surface area contributed by atoms with Gasteiger partial charge in [-0.3, -0.25) is 4.79 Å². The topological polar surface area (TPSA) is 122 Å². The molecule has 31 heavy (non-hydrogen) atoms. The van der Waals surface area contributed by atoms with E-state index in [0.29, 0.717) is 11.3 Å². The van der Waals surface area contributed by atoms with Gasteiger partial charge in [0.25, 0.3) is 0 Å². The zero-order valence-corrected chi connectivity index (χ0v) is 18.0. The van der Waals surface area contributed by atoms with E-state index in [-0.39, 0.29) is 29.6 Å². The Balaban J connectivity index is 1.73. The van der Waals surface area contributed by atoms with Crippen LogP contribution in [-0.4, -0.2) is 49.0 Å². The normalized spacial score (nSPS) is 24.0. The van der Waals surface area contributed by atoms with Crippen LogP contribution in [0.4, 0.5) is 4.39 Å². The summed E-state index contributed by atoms with van der Waals surface area (Å²) >= 11 is 5.95. The molecule has 8 nitrogen and oxygen atoms in total. The fraction of sp³-hybridized carbons (Fsp3) is 0.350. The number of halogens is 2. The van der Waals surface area contributed by atoms with Gasteiger partial charge in [0.15, 0.2) is 5.54 Å². The number of sulfonamides is 1. The van der Waals surface area contributed by atoms with E-state index in [1.54, 1.807) is 0 Å². The summed E-state index contributed by atoms with van der Waals surface area (Å²) in [5, 5.41) is 20.0. The molecule has 0 bridgehead atoms. The molecule has 0 aliphatic carbocycles. The SMILES string of the molecule is CC1(O)COCC(NS(=O)(=O)c2ccc(OCc3ccc(F)cc3Cl)cc2)(C(=O)O)C1. The molecule has 3 N–H and O–H groups in total. The number of rotatable bonds is 7. The molecule has 2 unspecified atom stereocenters. The standard InChI is InChI=1S/C20H21ClFNO7S/c1-19(26)10-20(18(24)25,12-29-11-19)23-31(27,28)16-6-4-15(5-7-16)30-9-13-2-3-14(22)8-17(13)21/h2-8,23,26H,9-12H2,1H3,(H,24,25). The molecule has 0 amide bonds. The van der Waals surface area contributed by atoms with E-state index in [2.05, 4.69) is 4.72 Å². The summed E-state index contributed by atoms with van der Waals surface area (Å²) in [6.07, 6.45) is -0.353. The van der Waals surface area contributed by atoms with Crippen LogP contribution in [0.1, 0.15) is 18.9 Å². The Morgan fingerprint density at radius 1 is 1.26 bits per heavy atom. The summed E-state index contributed by atoms with van der Waals surface area (Å²) in [6.45, 7) is 0.890. The molecule has 2 aromatic rings. The first-order valence-corrected chi connectivity index (χ1v) is 11.0. The predicted octanol–water partition coefficient (Wildman–Crippen LogP) is 2.33. The van der Waals surface area contributed by atoms with Crippen molar-refractivity contribution in [2.75, 3.05) is 13.2 Å². The highest BCUT2D eigenvalue weighted by Gasteiger charge is 2.50. The number of carboxylic acid groups (broad SMARTS) is 1. The largest absolute Gasteiger partial charge is 0.489 e. The Morgan fingerprint density at radius 2 is 1.94 bits per heavy atom. The molecule has 0 aromatic heterocycles. The number of nitrogens with one attached hydrogen (secondary N) is 1. The number of hydrogen-bond acceptors (Lipinski definition) is 6. The van der Waals surface area contributed by atoms with Gasteiger partial charge in [-0.15, -0.1) is 0 Å². The fourth-order valence-electron chi connectivity index (χ4n) is 3.27. The predicted molar refractivity (Wildman–Crippen MR) is 109 cm³/mol. The number of ether oxygens (including phenoxy) is 2. The van der Waals surface area contributed by atoms with E-state index in [1.807, 2.05) is 0 Å². The molecular formula is C20H21ClFNO7S. The van der Waals surface area contributed by atoms with Gasteiger partial charge in [-0.1, -0.05) is 17.7 Å². The minimum absolute atomic E-state index is 0.0397. The number of benzene rings is 2. The van der Waals surface area contributed by atoms with Crippen LogP contribution in [0.5, 0.6) is 5.75 Å². The van der Waals surface area contributed by atoms with E-state index in [9.17, 15) is 27.8 Å². The number of carboxylic acids is 1. The highest BCUT2D eigenvalue weighted by atomic mass is 35.5. The number of aliphatic hydroxyl groups is 1. The van der Waals surface area contributed by atoms with Crippen molar-refractivity contribution in [3.05, 3.63) is 58.9 Å². The molecule has 2 aromatic carbocycles. The average molecular weight is 474 g/mol. The van der Waals surface area contributed by atoms with Gasteiger partial charge >= 0.3 is 5.97 Å². The molecule has 2 atom stereocenters. The van der Waals surface area contributed by atoms with E-state index in [0.717, 1.165) is 6.07 Å². The second-order valence-electron chi connectivity index (χ2n) is 7.66. The smallest absolute Gasteiger partial charge is 0.327 e. The first-order valence-electron chi connectivity index (χ1n) is 9.17. The zero-order chi connectivity index (χ0) is 22.9. The van der Waals surface area contributed by atoms with Crippen LogP contribution >= 0.6 is 11.6 Å². The van der Waals surface area contributed by atoms with Crippen LogP contribution in [0.3, 0.4) is 0 Å². The Morgan fingerprint density at radius 3 is 2.52 bits per heavy atom. The zero-order valence-electron chi connectivity index (χ0n) is 16.5. The highest BCUT2D eigenvalue weighted by Crippen LogP contribution is 2.29. The van der Waals surface area contributed by atoms with Crippen molar-refractivity contribution in [1.82, 2.24) is 4.72 Å². The maximum atomic E-state index is 13.1. The first kappa shape index (κ1) is 23.4.